The highest BCUT2D eigenvalue weighted by molar-refractivity contribution is 5.45. The minimum atomic E-state index is -4.39. The predicted octanol–water partition coefficient (Wildman–Crippen LogP) is 7.02. The third kappa shape index (κ3) is 5.10. The minimum Gasteiger partial charge on any atom is -0.454 e. The van der Waals surface area contributed by atoms with Gasteiger partial charge in [0.25, 0.3) is 0 Å². The average Bonchev–Trinajstić information content (AvgIpc) is 3.21. The first-order chi connectivity index (χ1) is 14.9. The molecule has 162 valence electrons. The molecule has 31 heavy (non-hydrogen) atoms. The minimum absolute atomic E-state index is 0.00736. The quantitative estimate of drug-likeness (QED) is 0.376. The fraction of sp³-hybridized carbons (Fsp3) is 0.250. The van der Waals surface area contributed by atoms with Gasteiger partial charge in [0.15, 0.2) is 23.1 Å². The fourth-order valence-electron chi connectivity index (χ4n) is 3.56. The summed E-state index contributed by atoms with van der Waals surface area (Å²) in [5.41, 5.74) is 0.850. The van der Waals surface area contributed by atoms with Gasteiger partial charge in [-0.3, -0.25) is 0 Å². The lowest BCUT2D eigenvalue weighted by Gasteiger charge is -2.21. The van der Waals surface area contributed by atoms with Crippen LogP contribution in [0.2, 0.25) is 0 Å². The lowest BCUT2D eigenvalue weighted by Crippen LogP contribution is -2.21. The van der Waals surface area contributed by atoms with Crippen molar-refractivity contribution in [2.24, 2.45) is 0 Å². The van der Waals surface area contributed by atoms with Crippen molar-refractivity contribution in [2.45, 2.75) is 31.4 Å². The molecule has 0 spiro atoms. The van der Waals surface area contributed by atoms with Gasteiger partial charge >= 0.3 is 6.18 Å². The molecule has 1 unspecified atom stereocenters. The zero-order chi connectivity index (χ0) is 21.8. The van der Waals surface area contributed by atoms with Gasteiger partial charge in [-0.25, -0.2) is 4.39 Å². The number of aryl methyl sites for hydroxylation is 1. The average molecular weight is 432 g/mol. The number of hydrogen-bond donors (Lipinski definition) is 0. The molecule has 3 aromatic rings. The molecule has 3 nitrogen and oxygen atoms in total. The molecule has 1 atom stereocenters. The van der Waals surface area contributed by atoms with Crippen molar-refractivity contribution in [1.82, 2.24) is 0 Å². The molecule has 1 aliphatic heterocycles. The van der Waals surface area contributed by atoms with Crippen LogP contribution in [0.1, 0.15) is 29.9 Å². The molecule has 1 aliphatic rings. The van der Waals surface area contributed by atoms with Crippen LogP contribution in [0, 0.1) is 5.82 Å². The van der Waals surface area contributed by atoms with Crippen molar-refractivity contribution < 1.29 is 31.8 Å². The number of para-hydroxylation sites is 1. The summed E-state index contributed by atoms with van der Waals surface area (Å²) in [6.45, 7) is 0.00736. The second-order valence-electron chi connectivity index (χ2n) is 7.28. The van der Waals surface area contributed by atoms with Gasteiger partial charge in [-0.2, -0.15) is 13.2 Å². The van der Waals surface area contributed by atoms with Gasteiger partial charge in [0.1, 0.15) is 5.75 Å². The summed E-state index contributed by atoms with van der Waals surface area (Å²) in [5.74, 6) is -0.844. The van der Waals surface area contributed by atoms with Crippen molar-refractivity contribution in [3.8, 4) is 23.0 Å². The summed E-state index contributed by atoms with van der Waals surface area (Å²) in [4.78, 5) is 0. The van der Waals surface area contributed by atoms with Crippen molar-refractivity contribution in [2.75, 3.05) is 6.79 Å². The lowest BCUT2D eigenvalue weighted by molar-refractivity contribution is -0.152. The molecule has 0 fully saturated rings. The first kappa shape index (κ1) is 21.0. The summed E-state index contributed by atoms with van der Waals surface area (Å²) in [6.07, 6.45) is -3.86. The van der Waals surface area contributed by atoms with Gasteiger partial charge in [-0.05, 0) is 66.8 Å². The molecule has 0 saturated carbocycles. The maximum atomic E-state index is 14.1. The fourth-order valence-corrected chi connectivity index (χ4v) is 3.56. The van der Waals surface area contributed by atoms with E-state index in [0.717, 1.165) is 0 Å². The van der Waals surface area contributed by atoms with Crippen molar-refractivity contribution in [1.29, 1.82) is 0 Å². The first-order valence-electron chi connectivity index (χ1n) is 9.88. The van der Waals surface area contributed by atoms with Gasteiger partial charge in [-0.1, -0.05) is 30.3 Å². The highest BCUT2D eigenvalue weighted by Crippen LogP contribution is 2.42. The molecule has 0 radical (unpaired) electrons. The third-order valence-corrected chi connectivity index (χ3v) is 5.12. The molecule has 0 N–H and O–H groups in total. The summed E-state index contributed by atoms with van der Waals surface area (Å²) >= 11 is 0. The van der Waals surface area contributed by atoms with Gasteiger partial charge < -0.3 is 14.2 Å². The number of rotatable bonds is 7. The van der Waals surface area contributed by atoms with E-state index in [1.54, 1.807) is 30.3 Å². The molecule has 1 heterocycles. The maximum Gasteiger partial charge on any atom is 0.395 e. The Kier molecular flexibility index (Phi) is 6.02. The normalized spacial score (nSPS) is 13.8. The van der Waals surface area contributed by atoms with Crippen LogP contribution >= 0.6 is 0 Å². The highest BCUT2D eigenvalue weighted by atomic mass is 19.4. The Hall–Kier alpha value is -3.22. The second-order valence-corrected chi connectivity index (χ2v) is 7.28. The Bertz CT molecular complexity index is 1030. The number of ether oxygens (including phenoxy) is 3. The van der Waals surface area contributed by atoms with Crippen molar-refractivity contribution >= 4 is 0 Å². The van der Waals surface area contributed by atoms with Crippen LogP contribution in [0.4, 0.5) is 17.6 Å². The molecule has 0 amide bonds. The van der Waals surface area contributed by atoms with E-state index in [0.29, 0.717) is 29.2 Å². The molecule has 0 saturated heterocycles. The van der Waals surface area contributed by atoms with E-state index in [-0.39, 0.29) is 30.9 Å². The molecule has 4 rings (SSSR count). The van der Waals surface area contributed by atoms with Crippen LogP contribution in [0.5, 0.6) is 23.0 Å². The first-order valence-corrected chi connectivity index (χ1v) is 9.88. The van der Waals surface area contributed by atoms with Crippen molar-refractivity contribution in [3.05, 3.63) is 83.7 Å². The number of halogens is 4. The molecule has 7 heteroatoms. The number of hydrogen-bond acceptors (Lipinski definition) is 3. The van der Waals surface area contributed by atoms with Crippen LogP contribution < -0.4 is 14.2 Å². The van der Waals surface area contributed by atoms with Gasteiger partial charge in [-0.15, -0.1) is 0 Å². The summed E-state index contributed by atoms with van der Waals surface area (Å²) < 4.78 is 71.1. The predicted molar refractivity (Wildman–Crippen MR) is 107 cm³/mol. The maximum absolute atomic E-state index is 14.1. The molecule has 0 aliphatic carbocycles. The monoisotopic (exact) mass is 432 g/mol. The molecule has 0 bridgehead atoms. The highest BCUT2D eigenvalue weighted by Gasteiger charge is 2.40. The Morgan fingerprint density at radius 2 is 1.68 bits per heavy atom. The Morgan fingerprint density at radius 1 is 0.903 bits per heavy atom. The number of benzene rings is 3. The lowest BCUT2D eigenvalue weighted by atomic mass is 9.91. The Labute approximate surface area is 177 Å². The smallest absolute Gasteiger partial charge is 0.395 e. The van der Waals surface area contributed by atoms with E-state index in [2.05, 4.69) is 0 Å². The van der Waals surface area contributed by atoms with E-state index in [1.807, 2.05) is 6.07 Å². The van der Waals surface area contributed by atoms with E-state index >= 15 is 0 Å². The van der Waals surface area contributed by atoms with Crippen LogP contribution in [0.3, 0.4) is 0 Å². The molecule has 3 aromatic carbocycles. The summed E-state index contributed by atoms with van der Waals surface area (Å²) in [5, 5.41) is 0. The van der Waals surface area contributed by atoms with Crippen molar-refractivity contribution in [3.63, 3.8) is 0 Å². The Balaban J connectivity index is 1.43. The number of alkyl halides is 3. The third-order valence-electron chi connectivity index (χ3n) is 5.12. The van der Waals surface area contributed by atoms with Crippen LogP contribution in [-0.4, -0.2) is 13.0 Å². The van der Waals surface area contributed by atoms with Gasteiger partial charge in [0.05, 0.1) is 5.92 Å². The van der Waals surface area contributed by atoms with Gasteiger partial charge in [0, 0.05) is 0 Å². The second kappa shape index (κ2) is 8.88. The van der Waals surface area contributed by atoms with Gasteiger partial charge in [0.2, 0.25) is 6.79 Å². The topological polar surface area (TPSA) is 27.7 Å². The molecular weight excluding hydrogens is 412 g/mol. The van der Waals surface area contributed by atoms with Crippen LogP contribution in [0.25, 0.3) is 0 Å². The zero-order valence-electron chi connectivity index (χ0n) is 16.5. The van der Waals surface area contributed by atoms with Crippen LogP contribution in [-0.2, 0) is 6.42 Å². The van der Waals surface area contributed by atoms with E-state index in [4.69, 9.17) is 14.2 Å². The van der Waals surface area contributed by atoms with E-state index < -0.39 is 17.9 Å². The molecule has 0 aromatic heterocycles. The van der Waals surface area contributed by atoms with E-state index in [9.17, 15) is 17.6 Å². The zero-order valence-corrected chi connectivity index (χ0v) is 16.5. The summed E-state index contributed by atoms with van der Waals surface area (Å²) in [6, 6.07) is 17.4. The Morgan fingerprint density at radius 3 is 2.45 bits per heavy atom. The molecular formula is C24H20F4O3. The largest absolute Gasteiger partial charge is 0.454 e. The van der Waals surface area contributed by atoms with E-state index in [1.165, 1.54) is 30.3 Å². The SMILES string of the molecule is Fc1ccc(CCCC(c2ccc3c(c2)OCO3)C(F)(F)F)cc1Oc1ccccc1. The number of fused-ring (bicyclic) bond motifs is 1. The standard InChI is InChI=1S/C24H20F4O3/c25-20-11-9-16(13-22(20)31-18-6-2-1-3-7-18)5-4-8-19(24(26,27)28)17-10-12-21-23(14-17)30-15-29-21/h1-3,6-7,9-14,19H,4-5,8,15H2. The summed E-state index contributed by atoms with van der Waals surface area (Å²) in [7, 11) is 0. The van der Waals surface area contributed by atoms with Crippen LogP contribution in [0.15, 0.2) is 66.7 Å².